The first-order valence-electron chi connectivity index (χ1n) is 4.05. The van der Waals surface area contributed by atoms with Crippen molar-refractivity contribution in [1.82, 2.24) is 10.3 Å². The zero-order valence-electron chi connectivity index (χ0n) is 7.24. The number of rotatable bonds is 2. The van der Waals surface area contributed by atoms with Gasteiger partial charge in [-0.2, -0.15) is 0 Å². The van der Waals surface area contributed by atoms with Gasteiger partial charge in [-0.3, -0.25) is 0 Å². The van der Waals surface area contributed by atoms with E-state index in [9.17, 15) is 4.79 Å². The molecule has 1 fully saturated rings. The van der Waals surface area contributed by atoms with Crippen LogP contribution in [-0.4, -0.2) is 31.2 Å². The lowest BCUT2D eigenvalue weighted by Gasteiger charge is -2.24. The molecule has 4 nitrogen and oxygen atoms in total. The molecule has 0 atom stereocenters. The standard InChI is InChI=1S/C8H10N2O2S/c1-12-8(11)6-4-13-7(10-6)5-2-9-3-5/h4-5,9H,2-3H2,1H3. The van der Waals surface area contributed by atoms with Gasteiger partial charge in [-0.05, 0) is 0 Å². The minimum Gasteiger partial charge on any atom is -0.464 e. The highest BCUT2D eigenvalue weighted by Gasteiger charge is 2.23. The Bertz CT molecular complexity index is 320. The molecule has 2 rings (SSSR count). The fraction of sp³-hybridized carbons (Fsp3) is 0.500. The molecule has 1 saturated heterocycles. The number of carbonyl (C=O) groups is 1. The van der Waals surface area contributed by atoms with Gasteiger partial charge in [0.2, 0.25) is 0 Å². The third-order valence-corrected chi connectivity index (χ3v) is 3.05. The second-order valence-electron chi connectivity index (χ2n) is 2.92. The predicted molar refractivity (Wildman–Crippen MR) is 49.1 cm³/mol. The quantitative estimate of drug-likeness (QED) is 0.708. The van der Waals surface area contributed by atoms with Crippen LogP contribution in [0.15, 0.2) is 5.38 Å². The number of esters is 1. The summed E-state index contributed by atoms with van der Waals surface area (Å²) < 4.78 is 4.57. The van der Waals surface area contributed by atoms with E-state index in [0.717, 1.165) is 18.1 Å². The van der Waals surface area contributed by atoms with Crippen LogP contribution in [0, 0.1) is 0 Å². The van der Waals surface area contributed by atoms with Gasteiger partial charge >= 0.3 is 5.97 Å². The smallest absolute Gasteiger partial charge is 0.357 e. The second kappa shape index (κ2) is 3.43. The molecular weight excluding hydrogens is 188 g/mol. The first-order chi connectivity index (χ1) is 6.31. The van der Waals surface area contributed by atoms with Gasteiger partial charge in [0.25, 0.3) is 0 Å². The average molecular weight is 198 g/mol. The molecule has 5 heteroatoms. The first kappa shape index (κ1) is 8.65. The van der Waals surface area contributed by atoms with Crippen molar-refractivity contribution in [2.75, 3.05) is 20.2 Å². The Labute approximate surface area is 79.9 Å². The molecule has 0 unspecified atom stereocenters. The van der Waals surface area contributed by atoms with E-state index in [2.05, 4.69) is 15.0 Å². The van der Waals surface area contributed by atoms with Gasteiger partial charge in [-0.1, -0.05) is 0 Å². The van der Waals surface area contributed by atoms with Crippen molar-refractivity contribution in [3.63, 3.8) is 0 Å². The molecule has 1 aliphatic heterocycles. The van der Waals surface area contributed by atoms with Crippen molar-refractivity contribution in [3.05, 3.63) is 16.1 Å². The Balaban J connectivity index is 2.12. The Morgan fingerprint density at radius 2 is 2.54 bits per heavy atom. The number of hydrogen-bond acceptors (Lipinski definition) is 5. The summed E-state index contributed by atoms with van der Waals surface area (Å²) in [6.45, 7) is 1.93. The van der Waals surface area contributed by atoms with Gasteiger partial charge in [-0.25, -0.2) is 9.78 Å². The van der Waals surface area contributed by atoms with Crippen molar-refractivity contribution in [2.24, 2.45) is 0 Å². The highest BCUT2D eigenvalue weighted by atomic mass is 32.1. The lowest BCUT2D eigenvalue weighted by molar-refractivity contribution is 0.0594. The largest absolute Gasteiger partial charge is 0.464 e. The highest BCUT2D eigenvalue weighted by Crippen LogP contribution is 2.23. The van der Waals surface area contributed by atoms with Gasteiger partial charge in [-0.15, -0.1) is 11.3 Å². The maximum Gasteiger partial charge on any atom is 0.357 e. The third kappa shape index (κ3) is 1.57. The van der Waals surface area contributed by atoms with Crippen LogP contribution < -0.4 is 5.32 Å². The Morgan fingerprint density at radius 3 is 3.08 bits per heavy atom. The van der Waals surface area contributed by atoms with Crippen LogP contribution >= 0.6 is 11.3 Å². The molecule has 1 aromatic rings. The van der Waals surface area contributed by atoms with Crippen LogP contribution in [0.1, 0.15) is 21.4 Å². The third-order valence-electron chi connectivity index (χ3n) is 2.05. The van der Waals surface area contributed by atoms with Crippen molar-refractivity contribution >= 4 is 17.3 Å². The molecule has 0 saturated carbocycles. The van der Waals surface area contributed by atoms with Gasteiger partial charge < -0.3 is 10.1 Å². The maximum atomic E-state index is 11.1. The number of methoxy groups -OCH3 is 1. The van der Waals surface area contributed by atoms with E-state index in [4.69, 9.17) is 0 Å². The Hall–Kier alpha value is -0.940. The SMILES string of the molecule is COC(=O)c1csc(C2CNC2)n1. The van der Waals surface area contributed by atoms with Gasteiger partial charge in [0, 0.05) is 24.4 Å². The summed E-state index contributed by atoms with van der Waals surface area (Å²) in [5.41, 5.74) is 0.425. The van der Waals surface area contributed by atoms with Crippen molar-refractivity contribution < 1.29 is 9.53 Å². The van der Waals surface area contributed by atoms with Crippen LogP contribution in [0.4, 0.5) is 0 Å². The summed E-state index contributed by atoms with van der Waals surface area (Å²) in [6.07, 6.45) is 0. The Morgan fingerprint density at radius 1 is 1.77 bits per heavy atom. The van der Waals surface area contributed by atoms with E-state index in [1.165, 1.54) is 18.4 Å². The van der Waals surface area contributed by atoms with E-state index in [1.54, 1.807) is 5.38 Å². The molecule has 70 valence electrons. The Kier molecular flexibility index (Phi) is 2.28. The minimum absolute atomic E-state index is 0.352. The predicted octanol–water partition coefficient (Wildman–Crippen LogP) is 0.616. The van der Waals surface area contributed by atoms with Crippen molar-refractivity contribution in [2.45, 2.75) is 5.92 Å². The normalized spacial score (nSPS) is 16.7. The van der Waals surface area contributed by atoms with Gasteiger partial charge in [0.15, 0.2) is 5.69 Å². The fourth-order valence-corrected chi connectivity index (χ4v) is 2.03. The van der Waals surface area contributed by atoms with Gasteiger partial charge in [0.1, 0.15) is 0 Å². The summed E-state index contributed by atoms with van der Waals surface area (Å²) in [4.78, 5) is 15.3. The monoisotopic (exact) mass is 198 g/mol. The summed E-state index contributed by atoms with van der Waals surface area (Å²) in [5.74, 6) is 0.137. The number of nitrogens with one attached hydrogen (secondary N) is 1. The molecule has 1 aromatic heterocycles. The van der Waals surface area contributed by atoms with E-state index >= 15 is 0 Å². The molecule has 2 heterocycles. The summed E-state index contributed by atoms with van der Waals surface area (Å²) in [5, 5.41) is 5.94. The van der Waals surface area contributed by atoms with Crippen LogP contribution in [0.5, 0.6) is 0 Å². The van der Waals surface area contributed by atoms with Crippen molar-refractivity contribution in [3.8, 4) is 0 Å². The van der Waals surface area contributed by atoms with E-state index in [1.807, 2.05) is 0 Å². The van der Waals surface area contributed by atoms with Crippen LogP contribution in [0.2, 0.25) is 0 Å². The molecule has 0 bridgehead atoms. The van der Waals surface area contributed by atoms with Crippen molar-refractivity contribution in [1.29, 1.82) is 0 Å². The average Bonchev–Trinajstić information content (AvgIpc) is 2.49. The zero-order valence-corrected chi connectivity index (χ0v) is 8.06. The molecule has 1 aliphatic rings. The number of carbonyl (C=O) groups excluding carboxylic acids is 1. The topological polar surface area (TPSA) is 51.2 Å². The van der Waals surface area contributed by atoms with Crippen LogP contribution in [-0.2, 0) is 4.74 Å². The highest BCUT2D eigenvalue weighted by molar-refractivity contribution is 7.09. The molecule has 0 spiro atoms. The summed E-state index contributed by atoms with van der Waals surface area (Å²) in [7, 11) is 1.37. The number of thiazole rings is 1. The van der Waals surface area contributed by atoms with E-state index in [0.29, 0.717) is 11.6 Å². The maximum absolute atomic E-state index is 11.1. The lowest BCUT2D eigenvalue weighted by atomic mass is 10.1. The second-order valence-corrected chi connectivity index (χ2v) is 3.81. The molecule has 0 radical (unpaired) electrons. The molecule has 0 aromatic carbocycles. The number of aromatic nitrogens is 1. The molecule has 1 N–H and O–H groups in total. The first-order valence-corrected chi connectivity index (χ1v) is 4.93. The van der Waals surface area contributed by atoms with Crippen LogP contribution in [0.3, 0.4) is 0 Å². The summed E-state index contributed by atoms with van der Waals surface area (Å²) >= 11 is 1.53. The minimum atomic E-state index is -0.352. The number of nitrogens with zero attached hydrogens (tertiary/aromatic N) is 1. The molecule has 13 heavy (non-hydrogen) atoms. The summed E-state index contributed by atoms with van der Waals surface area (Å²) in [6, 6.07) is 0. The van der Waals surface area contributed by atoms with Crippen LogP contribution in [0.25, 0.3) is 0 Å². The lowest BCUT2D eigenvalue weighted by Crippen LogP contribution is -2.39. The number of hydrogen-bond donors (Lipinski definition) is 1. The molecule has 0 amide bonds. The zero-order chi connectivity index (χ0) is 9.26. The van der Waals surface area contributed by atoms with E-state index in [-0.39, 0.29) is 5.97 Å². The fourth-order valence-electron chi connectivity index (χ4n) is 1.14. The number of ether oxygens (including phenoxy) is 1. The molecular formula is C8H10N2O2S. The van der Waals surface area contributed by atoms with Gasteiger partial charge in [0.05, 0.1) is 12.1 Å². The molecule has 0 aliphatic carbocycles. The van der Waals surface area contributed by atoms with E-state index < -0.39 is 0 Å².